The highest BCUT2D eigenvalue weighted by Crippen LogP contribution is 2.21. The second-order valence-corrected chi connectivity index (χ2v) is 16.8. The van der Waals surface area contributed by atoms with E-state index in [0.29, 0.717) is 24.8 Å². The Kier molecular flexibility index (Phi) is 17.9. The molecule has 0 bridgehead atoms. The van der Waals surface area contributed by atoms with Crippen molar-refractivity contribution in [2.24, 2.45) is 5.92 Å². The Morgan fingerprint density at radius 1 is 0.767 bits per heavy atom. The first kappa shape index (κ1) is 47.2. The van der Waals surface area contributed by atoms with Crippen LogP contribution >= 0.6 is 15.9 Å². The normalized spacial score (nSPS) is 16.4. The lowest BCUT2D eigenvalue weighted by molar-refractivity contribution is -0.146. The predicted octanol–water partition coefficient (Wildman–Crippen LogP) is 5.70. The van der Waals surface area contributed by atoms with E-state index in [-0.39, 0.29) is 37.7 Å². The van der Waals surface area contributed by atoms with E-state index >= 15 is 0 Å². The summed E-state index contributed by atoms with van der Waals surface area (Å²) < 4.78 is 27.7. The third kappa shape index (κ3) is 16.3. The lowest BCUT2D eigenvalue weighted by atomic mass is 10.0. The topological polar surface area (TPSA) is 197 Å². The van der Waals surface area contributed by atoms with Gasteiger partial charge in [0, 0.05) is 23.9 Å². The van der Waals surface area contributed by atoms with Gasteiger partial charge in [0.1, 0.15) is 42.2 Å². The van der Waals surface area contributed by atoms with Gasteiger partial charge in [-0.25, -0.2) is 14.4 Å². The highest BCUT2D eigenvalue weighted by Gasteiger charge is 2.35. The van der Waals surface area contributed by atoms with Crippen LogP contribution in [0.2, 0.25) is 0 Å². The zero-order valence-corrected chi connectivity index (χ0v) is 36.4. The van der Waals surface area contributed by atoms with E-state index in [1.54, 1.807) is 45.0 Å². The average Bonchev–Trinajstić information content (AvgIpc) is 3.68. The number of rotatable bonds is 18. The van der Waals surface area contributed by atoms with Crippen LogP contribution in [0, 0.1) is 5.92 Å². The van der Waals surface area contributed by atoms with Gasteiger partial charge in [-0.05, 0) is 86.9 Å². The molecular weight excluding hydrogens is 840 g/mol. The largest absolute Gasteiger partial charge is 0.514 e. The SMILES string of the molecule is COC(=O)[C@H](CC(C)C)NC(=O)[C@H](Cc1ccccc1)NC(=O)[C@H]1CC[C@H](CNC(=O)[C@H](Cc2ccc(OC(=O)OCc3ccc(Br)cc3)cc2)NC(=O)OC(C)(C)C)O1. The van der Waals surface area contributed by atoms with Crippen molar-refractivity contribution < 1.29 is 52.5 Å². The minimum Gasteiger partial charge on any atom is -0.467 e. The van der Waals surface area contributed by atoms with Crippen molar-refractivity contribution in [3.63, 3.8) is 0 Å². The Morgan fingerprint density at radius 2 is 1.38 bits per heavy atom. The number of benzene rings is 3. The third-order valence-corrected chi connectivity index (χ3v) is 9.70. The summed E-state index contributed by atoms with van der Waals surface area (Å²) in [7, 11) is 1.25. The number of hydrogen-bond acceptors (Lipinski definition) is 11. The highest BCUT2D eigenvalue weighted by atomic mass is 79.9. The molecule has 0 spiro atoms. The van der Waals surface area contributed by atoms with E-state index in [2.05, 4.69) is 37.2 Å². The summed E-state index contributed by atoms with van der Waals surface area (Å²) in [6, 6.07) is 19.9. The van der Waals surface area contributed by atoms with Crippen LogP contribution in [0.15, 0.2) is 83.3 Å². The van der Waals surface area contributed by atoms with Crippen molar-refractivity contribution in [2.75, 3.05) is 13.7 Å². The van der Waals surface area contributed by atoms with Crippen molar-refractivity contribution in [2.45, 2.75) is 109 Å². The molecule has 1 aliphatic rings. The van der Waals surface area contributed by atoms with Crippen molar-refractivity contribution in [3.05, 3.63) is 100 Å². The van der Waals surface area contributed by atoms with Gasteiger partial charge in [-0.15, -0.1) is 0 Å². The fourth-order valence-corrected chi connectivity index (χ4v) is 6.51. The molecule has 0 radical (unpaired) electrons. The number of amides is 4. The van der Waals surface area contributed by atoms with Crippen LogP contribution in [0.1, 0.15) is 70.6 Å². The van der Waals surface area contributed by atoms with Crippen LogP contribution in [-0.2, 0) is 57.6 Å². The molecule has 5 atom stereocenters. The first-order valence-corrected chi connectivity index (χ1v) is 20.6. The minimum absolute atomic E-state index is 0.0315. The van der Waals surface area contributed by atoms with Gasteiger partial charge in [0.25, 0.3) is 0 Å². The third-order valence-electron chi connectivity index (χ3n) is 9.17. The molecule has 0 aromatic heterocycles. The summed E-state index contributed by atoms with van der Waals surface area (Å²) in [6.07, 6.45) is -1.77. The standard InChI is InChI=1S/C44H55BrN4O11/c1-27(2)22-36(41(53)56-6)48-39(51)35(23-28-10-8-7-9-11-28)47-40(52)37-21-20-33(58-37)25-46-38(50)34(49-42(54)60-44(3,4)5)24-29-14-18-32(19-15-29)59-43(55)57-26-30-12-16-31(45)17-13-30/h7-19,27,33-37H,20-26H2,1-6H3,(H,46,50)(H,47,52)(H,48,51)(H,49,54)/t33-,34+,35+,36+,37-/m1/s1. The maximum Gasteiger partial charge on any atom is 0.514 e. The van der Waals surface area contributed by atoms with Crippen molar-refractivity contribution >= 4 is 51.9 Å². The molecule has 3 aromatic rings. The molecule has 1 heterocycles. The number of carbonyl (C=O) groups excluding carboxylic acids is 6. The fourth-order valence-electron chi connectivity index (χ4n) is 6.25. The van der Waals surface area contributed by atoms with E-state index in [1.165, 1.54) is 7.11 Å². The number of halogens is 1. The van der Waals surface area contributed by atoms with Crippen LogP contribution < -0.4 is 26.0 Å². The van der Waals surface area contributed by atoms with E-state index in [4.69, 9.17) is 23.7 Å². The maximum atomic E-state index is 13.6. The number of esters is 1. The van der Waals surface area contributed by atoms with Gasteiger partial charge in [-0.1, -0.05) is 84.4 Å². The average molecular weight is 896 g/mol. The number of carbonyl (C=O) groups is 6. The molecule has 60 heavy (non-hydrogen) atoms. The van der Waals surface area contributed by atoms with Crippen molar-refractivity contribution in [1.29, 1.82) is 0 Å². The molecule has 3 aromatic carbocycles. The number of nitrogens with one attached hydrogen (secondary N) is 4. The van der Waals surface area contributed by atoms with Crippen LogP contribution in [0.25, 0.3) is 0 Å². The van der Waals surface area contributed by atoms with Gasteiger partial charge in [0.05, 0.1) is 13.2 Å². The van der Waals surface area contributed by atoms with Gasteiger partial charge >= 0.3 is 18.2 Å². The van der Waals surface area contributed by atoms with Crippen LogP contribution in [0.3, 0.4) is 0 Å². The lowest BCUT2D eigenvalue weighted by Crippen LogP contribution is -2.54. The smallest absolute Gasteiger partial charge is 0.467 e. The van der Waals surface area contributed by atoms with Crippen LogP contribution in [0.5, 0.6) is 5.75 Å². The zero-order chi connectivity index (χ0) is 43.8. The Hall–Kier alpha value is -5.48. The number of hydrogen-bond donors (Lipinski definition) is 4. The maximum absolute atomic E-state index is 13.6. The second-order valence-electron chi connectivity index (χ2n) is 15.8. The second kappa shape index (κ2) is 22.8. The van der Waals surface area contributed by atoms with Gasteiger partial charge < -0.3 is 45.0 Å². The summed E-state index contributed by atoms with van der Waals surface area (Å²) in [5.74, 6) is -1.83. The molecule has 4 N–H and O–H groups in total. The van der Waals surface area contributed by atoms with Crippen LogP contribution in [0.4, 0.5) is 9.59 Å². The lowest BCUT2D eigenvalue weighted by Gasteiger charge is -2.25. The summed E-state index contributed by atoms with van der Waals surface area (Å²) >= 11 is 3.36. The molecule has 1 aliphatic heterocycles. The molecule has 1 fully saturated rings. The monoisotopic (exact) mass is 894 g/mol. The first-order valence-electron chi connectivity index (χ1n) is 19.8. The van der Waals surface area contributed by atoms with Crippen molar-refractivity contribution in [1.82, 2.24) is 21.3 Å². The van der Waals surface area contributed by atoms with E-state index < -0.39 is 71.9 Å². The van der Waals surface area contributed by atoms with Gasteiger partial charge in [0.15, 0.2) is 0 Å². The molecule has 0 saturated carbocycles. The highest BCUT2D eigenvalue weighted by molar-refractivity contribution is 9.10. The number of ether oxygens (including phenoxy) is 5. The van der Waals surface area contributed by atoms with E-state index in [1.807, 2.05) is 68.4 Å². The molecule has 0 unspecified atom stereocenters. The predicted molar refractivity (Wildman–Crippen MR) is 225 cm³/mol. The molecule has 324 valence electrons. The van der Waals surface area contributed by atoms with E-state index in [0.717, 1.165) is 15.6 Å². The zero-order valence-electron chi connectivity index (χ0n) is 34.8. The molecule has 16 heteroatoms. The fraction of sp³-hybridized carbons (Fsp3) is 0.455. The molecule has 4 rings (SSSR count). The summed E-state index contributed by atoms with van der Waals surface area (Å²) in [5, 5.41) is 11.0. The van der Waals surface area contributed by atoms with Gasteiger partial charge in [-0.2, -0.15) is 0 Å². The molecular formula is C44H55BrN4O11. The van der Waals surface area contributed by atoms with Gasteiger partial charge in [-0.3, -0.25) is 14.4 Å². The van der Waals surface area contributed by atoms with Crippen molar-refractivity contribution in [3.8, 4) is 5.75 Å². The Balaban J connectivity index is 1.34. The minimum atomic E-state index is -1.07. The molecule has 4 amide bonds. The number of methoxy groups -OCH3 is 1. The molecule has 0 aliphatic carbocycles. The molecule has 1 saturated heterocycles. The summed E-state index contributed by atoms with van der Waals surface area (Å²) in [4.78, 5) is 78.2. The van der Waals surface area contributed by atoms with Gasteiger partial charge in [0.2, 0.25) is 17.7 Å². The molecule has 15 nitrogen and oxygen atoms in total. The quantitative estimate of drug-likeness (QED) is 0.0695. The Bertz CT molecular complexity index is 1900. The van der Waals surface area contributed by atoms with E-state index in [9.17, 15) is 28.8 Å². The first-order chi connectivity index (χ1) is 28.5. The number of alkyl carbamates (subject to hydrolysis) is 1. The Labute approximate surface area is 359 Å². The summed E-state index contributed by atoms with van der Waals surface area (Å²) in [5.41, 5.74) is 1.42. The summed E-state index contributed by atoms with van der Waals surface area (Å²) in [6.45, 7) is 9.02. The Morgan fingerprint density at radius 3 is 2.00 bits per heavy atom. The van der Waals surface area contributed by atoms with Crippen LogP contribution in [-0.4, -0.2) is 85.5 Å².